The van der Waals surface area contributed by atoms with E-state index in [0.717, 1.165) is 12.0 Å². The van der Waals surface area contributed by atoms with E-state index in [1.54, 1.807) is 6.92 Å². The van der Waals surface area contributed by atoms with Gasteiger partial charge in [-0.25, -0.2) is 0 Å². The van der Waals surface area contributed by atoms with Crippen LogP contribution in [0.3, 0.4) is 0 Å². The molecule has 0 aliphatic carbocycles. The SMILES string of the molecule is CCC(C)(CO)NCC(C)(O)c1ccccc1. The molecule has 1 rings (SSSR count). The van der Waals surface area contributed by atoms with Gasteiger partial charge in [-0.3, -0.25) is 0 Å². The first kappa shape index (κ1) is 14.2. The van der Waals surface area contributed by atoms with Crippen molar-refractivity contribution in [2.75, 3.05) is 13.2 Å². The number of rotatable bonds is 6. The van der Waals surface area contributed by atoms with Crippen molar-refractivity contribution in [2.45, 2.75) is 38.3 Å². The zero-order chi connectivity index (χ0) is 12.9. The second kappa shape index (κ2) is 5.63. The van der Waals surface area contributed by atoms with Crippen LogP contribution >= 0.6 is 0 Å². The van der Waals surface area contributed by atoms with Gasteiger partial charge in [0.25, 0.3) is 0 Å². The molecule has 1 aromatic carbocycles. The van der Waals surface area contributed by atoms with E-state index in [-0.39, 0.29) is 12.1 Å². The van der Waals surface area contributed by atoms with Crippen molar-refractivity contribution in [3.05, 3.63) is 35.9 Å². The van der Waals surface area contributed by atoms with Gasteiger partial charge in [0, 0.05) is 12.1 Å². The van der Waals surface area contributed by atoms with Crippen LogP contribution in [0.5, 0.6) is 0 Å². The molecule has 3 nitrogen and oxygen atoms in total. The molecule has 17 heavy (non-hydrogen) atoms. The Morgan fingerprint density at radius 1 is 1.18 bits per heavy atom. The molecular weight excluding hydrogens is 214 g/mol. The molecule has 0 aromatic heterocycles. The Kier molecular flexibility index (Phi) is 4.69. The Labute approximate surface area is 103 Å². The van der Waals surface area contributed by atoms with Gasteiger partial charge in [-0.15, -0.1) is 0 Å². The molecule has 1 aromatic rings. The van der Waals surface area contributed by atoms with Crippen LogP contribution in [-0.2, 0) is 5.60 Å². The summed E-state index contributed by atoms with van der Waals surface area (Å²) in [6.45, 7) is 6.23. The third-order valence-electron chi connectivity index (χ3n) is 3.38. The van der Waals surface area contributed by atoms with Crippen LogP contribution in [-0.4, -0.2) is 28.9 Å². The highest BCUT2D eigenvalue weighted by molar-refractivity contribution is 5.21. The molecule has 3 heteroatoms. The van der Waals surface area contributed by atoms with Gasteiger partial charge in [-0.05, 0) is 25.8 Å². The van der Waals surface area contributed by atoms with E-state index in [1.807, 2.05) is 44.2 Å². The molecule has 0 aliphatic rings. The molecule has 0 aliphatic heterocycles. The molecule has 2 atom stereocenters. The monoisotopic (exact) mass is 237 g/mol. The van der Waals surface area contributed by atoms with Crippen LogP contribution < -0.4 is 5.32 Å². The number of aliphatic hydroxyl groups is 2. The maximum atomic E-state index is 10.4. The van der Waals surface area contributed by atoms with E-state index in [9.17, 15) is 10.2 Å². The fraction of sp³-hybridized carbons (Fsp3) is 0.571. The Balaban J connectivity index is 2.68. The standard InChI is InChI=1S/C14H23NO2/c1-4-13(2,11-16)15-10-14(3,17)12-8-6-5-7-9-12/h5-9,15-17H,4,10-11H2,1-3H3. The lowest BCUT2D eigenvalue weighted by Crippen LogP contribution is -2.50. The quantitative estimate of drug-likeness (QED) is 0.705. The van der Waals surface area contributed by atoms with E-state index < -0.39 is 5.60 Å². The third kappa shape index (κ3) is 3.80. The van der Waals surface area contributed by atoms with E-state index in [4.69, 9.17) is 0 Å². The average molecular weight is 237 g/mol. The van der Waals surface area contributed by atoms with Crippen molar-refractivity contribution in [3.8, 4) is 0 Å². The minimum atomic E-state index is -0.924. The highest BCUT2D eigenvalue weighted by Gasteiger charge is 2.27. The van der Waals surface area contributed by atoms with Crippen molar-refractivity contribution in [3.63, 3.8) is 0 Å². The van der Waals surface area contributed by atoms with Crippen molar-refractivity contribution in [1.82, 2.24) is 5.32 Å². The van der Waals surface area contributed by atoms with Gasteiger partial charge in [0.1, 0.15) is 0 Å². The maximum Gasteiger partial charge on any atom is 0.0992 e. The summed E-state index contributed by atoms with van der Waals surface area (Å²) in [7, 11) is 0. The largest absolute Gasteiger partial charge is 0.394 e. The lowest BCUT2D eigenvalue weighted by Gasteiger charge is -2.33. The predicted octanol–water partition coefficient (Wildman–Crippen LogP) is 1.64. The number of nitrogens with one attached hydrogen (secondary N) is 1. The summed E-state index contributed by atoms with van der Waals surface area (Å²) in [6, 6.07) is 9.56. The normalized spacial score (nSPS) is 18.4. The van der Waals surface area contributed by atoms with Crippen molar-refractivity contribution < 1.29 is 10.2 Å². The zero-order valence-corrected chi connectivity index (χ0v) is 10.9. The van der Waals surface area contributed by atoms with E-state index in [0.29, 0.717) is 6.54 Å². The summed E-state index contributed by atoms with van der Waals surface area (Å²) in [6.07, 6.45) is 0.814. The van der Waals surface area contributed by atoms with E-state index >= 15 is 0 Å². The number of aliphatic hydroxyl groups excluding tert-OH is 1. The topological polar surface area (TPSA) is 52.5 Å². The maximum absolute atomic E-state index is 10.4. The fourth-order valence-electron chi connectivity index (χ4n) is 1.58. The molecule has 0 heterocycles. The van der Waals surface area contributed by atoms with Gasteiger partial charge >= 0.3 is 0 Å². The summed E-state index contributed by atoms with van der Waals surface area (Å²) in [5.41, 5.74) is -0.380. The zero-order valence-electron chi connectivity index (χ0n) is 10.9. The van der Waals surface area contributed by atoms with Gasteiger partial charge in [-0.2, -0.15) is 0 Å². The molecule has 2 unspecified atom stereocenters. The van der Waals surface area contributed by atoms with Gasteiger partial charge < -0.3 is 15.5 Å². The molecule has 0 saturated carbocycles. The summed E-state index contributed by atoms with van der Waals surface area (Å²) < 4.78 is 0. The molecule has 0 saturated heterocycles. The molecule has 0 radical (unpaired) electrons. The summed E-state index contributed by atoms with van der Waals surface area (Å²) >= 11 is 0. The molecule has 96 valence electrons. The Bertz CT molecular complexity index is 331. The van der Waals surface area contributed by atoms with Crippen LogP contribution in [0.4, 0.5) is 0 Å². The summed E-state index contributed by atoms with van der Waals surface area (Å²) in [5, 5.41) is 22.9. The molecule has 3 N–H and O–H groups in total. The lowest BCUT2D eigenvalue weighted by atomic mass is 9.93. The second-order valence-electron chi connectivity index (χ2n) is 5.07. The molecule has 0 bridgehead atoms. The molecular formula is C14H23NO2. The van der Waals surface area contributed by atoms with Gasteiger partial charge in [0.2, 0.25) is 0 Å². The first-order chi connectivity index (χ1) is 7.93. The van der Waals surface area contributed by atoms with Gasteiger partial charge in [0.15, 0.2) is 0 Å². The van der Waals surface area contributed by atoms with Crippen LogP contribution in [0.2, 0.25) is 0 Å². The summed E-state index contributed by atoms with van der Waals surface area (Å²) in [4.78, 5) is 0. The highest BCUT2D eigenvalue weighted by atomic mass is 16.3. The first-order valence-electron chi connectivity index (χ1n) is 6.07. The van der Waals surface area contributed by atoms with Crippen LogP contribution in [0, 0.1) is 0 Å². The average Bonchev–Trinajstić information content (AvgIpc) is 2.37. The predicted molar refractivity (Wildman–Crippen MR) is 69.8 cm³/mol. The van der Waals surface area contributed by atoms with E-state index in [2.05, 4.69) is 5.32 Å². The molecule has 0 amide bonds. The Morgan fingerprint density at radius 2 is 1.76 bits per heavy atom. The third-order valence-corrected chi connectivity index (χ3v) is 3.38. The highest BCUT2D eigenvalue weighted by Crippen LogP contribution is 2.20. The molecule has 0 fully saturated rings. The minimum Gasteiger partial charge on any atom is -0.394 e. The first-order valence-corrected chi connectivity index (χ1v) is 6.07. The van der Waals surface area contributed by atoms with Crippen molar-refractivity contribution in [2.24, 2.45) is 0 Å². The van der Waals surface area contributed by atoms with Crippen LogP contribution in [0.1, 0.15) is 32.8 Å². The number of hydrogen-bond acceptors (Lipinski definition) is 3. The van der Waals surface area contributed by atoms with Crippen LogP contribution in [0.25, 0.3) is 0 Å². The summed E-state index contributed by atoms with van der Waals surface area (Å²) in [5.74, 6) is 0. The minimum absolute atomic E-state index is 0.0639. The number of benzene rings is 1. The van der Waals surface area contributed by atoms with Crippen molar-refractivity contribution in [1.29, 1.82) is 0 Å². The smallest absolute Gasteiger partial charge is 0.0992 e. The van der Waals surface area contributed by atoms with E-state index in [1.165, 1.54) is 0 Å². The lowest BCUT2D eigenvalue weighted by molar-refractivity contribution is 0.0405. The Morgan fingerprint density at radius 3 is 2.24 bits per heavy atom. The number of hydrogen-bond donors (Lipinski definition) is 3. The molecule has 0 spiro atoms. The van der Waals surface area contributed by atoms with Crippen LogP contribution in [0.15, 0.2) is 30.3 Å². The van der Waals surface area contributed by atoms with Gasteiger partial charge in [-0.1, -0.05) is 37.3 Å². The van der Waals surface area contributed by atoms with Crippen molar-refractivity contribution >= 4 is 0 Å². The fourth-order valence-corrected chi connectivity index (χ4v) is 1.58. The Hall–Kier alpha value is -0.900. The number of β-amino-alcohol motifs (C(OH)–C–C–N with tert-alkyl or cyclic N) is 1. The van der Waals surface area contributed by atoms with Gasteiger partial charge in [0.05, 0.1) is 12.2 Å². The second-order valence-corrected chi connectivity index (χ2v) is 5.07.